The number of pyridine rings is 2. The van der Waals surface area contributed by atoms with Crippen LogP contribution in [0.25, 0.3) is 82.4 Å². The molecule has 10 rings (SSSR count). The molecule has 43 heavy (non-hydrogen) atoms. The van der Waals surface area contributed by atoms with Gasteiger partial charge in [0.15, 0.2) is 0 Å². The third-order valence-electron chi connectivity index (χ3n) is 8.91. The van der Waals surface area contributed by atoms with Crippen LogP contribution in [0.5, 0.6) is 0 Å². The van der Waals surface area contributed by atoms with Crippen LogP contribution in [0.4, 0.5) is 0 Å². The average molecular weight is 550 g/mol. The number of hydrogen-bond donors (Lipinski definition) is 0. The fraction of sp³-hybridized carbons (Fsp3) is 0. The Kier molecular flexibility index (Phi) is 4.39. The Morgan fingerprint density at radius 3 is 1.72 bits per heavy atom. The molecule has 0 amide bonds. The molecule has 0 atom stereocenters. The van der Waals surface area contributed by atoms with Crippen LogP contribution < -0.4 is 0 Å². The van der Waals surface area contributed by atoms with Gasteiger partial charge in [0.2, 0.25) is 0 Å². The second-order valence-corrected chi connectivity index (χ2v) is 11.2. The molecule has 5 heteroatoms. The van der Waals surface area contributed by atoms with E-state index in [1.54, 1.807) is 0 Å². The fourth-order valence-electron chi connectivity index (χ4n) is 7.11. The molecular weight excluding hydrogens is 526 g/mol. The Morgan fingerprint density at radius 2 is 0.977 bits per heavy atom. The Morgan fingerprint density at radius 1 is 0.395 bits per heavy atom. The molecule has 0 saturated carbocycles. The van der Waals surface area contributed by atoms with Gasteiger partial charge in [0.05, 0.1) is 33.1 Å². The average Bonchev–Trinajstić information content (AvgIpc) is 3.77. The summed E-state index contributed by atoms with van der Waals surface area (Å²) >= 11 is 0. The number of hydrogen-bond acceptors (Lipinski definition) is 2. The molecular formula is C38H23N5. The molecule has 0 spiro atoms. The predicted octanol–water partition coefficient (Wildman–Crippen LogP) is 9.23. The van der Waals surface area contributed by atoms with E-state index in [1.807, 2.05) is 18.5 Å². The molecule has 5 nitrogen and oxygen atoms in total. The summed E-state index contributed by atoms with van der Waals surface area (Å²) in [5.74, 6) is 0. The minimum atomic E-state index is 0.923. The Balaban J connectivity index is 1.45. The zero-order valence-corrected chi connectivity index (χ0v) is 23.0. The van der Waals surface area contributed by atoms with Crippen LogP contribution in [-0.4, -0.2) is 23.5 Å². The van der Waals surface area contributed by atoms with E-state index in [0.717, 1.165) is 44.3 Å². The van der Waals surface area contributed by atoms with Crippen molar-refractivity contribution in [3.63, 3.8) is 0 Å². The number of imidazole rings is 1. The van der Waals surface area contributed by atoms with Gasteiger partial charge in [0, 0.05) is 62.3 Å². The van der Waals surface area contributed by atoms with Crippen LogP contribution in [0, 0.1) is 0 Å². The van der Waals surface area contributed by atoms with Gasteiger partial charge < -0.3 is 9.13 Å². The molecule has 5 aromatic heterocycles. The highest BCUT2D eigenvalue weighted by Gasteiger charge is 2.20. The van der Waals surface area contributed by atoms with Gasteiger partial charge in [0.25, 0.3) is 0 Å². The van der Waals surface area contributed by atoms with Gasteiger partial charge in [-0.15, -0.1) is 0 Å². The van der Waals surface area contributed by atoms with Crippen molar-refractivity contribution in [3.8, 4) is 11.4 Å². The standard InChI is InChI=1S/C38H23N5/c1-3-10-24(11-4-1)42-32-16-8-7-14-26(32)28-20-29-30-21-31-33(41-19-18-40-38(41)27-15-9-17-39-37(27)31)22-34(30)43(36(29)23-35(28)42)25-12-5-2-6-13-25/h1-23H. The maximum absolute atomic E-state index is 4.86. The van der Waals surface area contributed by atoms with Crippen LogP contribution in [0.1, 0.15) is 0 Å². The van der Waals surface area contributed by atoms with E-state index >= 15 is 0 Å². The Labute approximate surface area is 245 Å². The first-order chi connectivity index (χ1) is 21.3. The van der Waals surface area contributed by atoms with Crippen molar-refractivity contribution in [1.82, 2.24) is 23.5 Å². The zero-order valence-electron chi connectivity index (χ0n) is 23.0. The van der Waals surface area contributed by atoms with Crippen molar-refractivity contribution in [3.05, 3.63) is 140 Å². The van der Waals surface area contributed by atoms with Crippen molar-refractivity contribution in [1.29, 1.82) is 0 Å². The van der Waals surface area contributed by atoms with Crippen LogP contribution in [-0.2, 0) is 0 Å². The first-order valence-corrected chi connectivity index (χ1v) is 14.5. The summed E-state index contributed by atoms with van der Waals surface area (Å²) in [6.07, 6.45) is 5.80. The lowest BCUT2D eigenvalue weighted by Crippen LogP contribution is -1.96. The second kappa shape index (κ2) is 8.30. The van der Waals surface area contributed by atoms with Crippen molar-refractivity contribution < 1.29 is 0 Å². The number of aromatic nitrogens is 5. The third-order valence-corrected chi connectivity index (χ3v) is 8.91. The summed E-state index contributed by atoms with van der Waals surface area (Å²) in [5.41, 5.74) is 9.99. The summed E-state index contributed by atoms with van der Waals surface area (Å²) in [7, 11) is 0. The molecule has 5 heterocycles. The van der Waals surface area contributed by atoms with Gasteiger partial charge >= 0.3 is 0 Å². The number of nitrogens with zero attached hydrogens (tertiary/aromatic N) is 5. The molecule has 0 N–H and O–H groups in total. The van der Waals surface area contributed by atoms with Gasteiger partial charge in [-0.3, -0.25) is 9.38 Å². The summed E-state index contributed by atoms with van der Waals surface area (Å²) < 4.78 is 6.99. The quantitative estimate of drug-likeness (QED) is 0.202. The fourth-order valence-corrected chi connectivity index (χ4v) is 7.11. The predicted molar refractivity (Wildman–Crippen MR) is 177 cm³/mol. The Bertz CT molecular complexity index is 2710. The SMILES string of the molecule is c1ccc(-n2c3ccccc3c3cc4c5cc6c7ncccc7c7nccn7c6cc5n(-c5ccccc5)c4cc32)cc1. The summed E-state index contributed by atoms with van der Waals surface area (Å²) in [6.45, 7) is 0. The lowest BCUT2D eigenvalue weighted by atomic mass is 10.0. The first-order valence-electron chi connectivity index (χ1n) is 14.5. The number of rotatable bonds is 2. The largest absolute Gasteiger partial charge is 0.309 e. The van der Waals surface area contributed by atoms with Gasteiger partial charge in [-0.05, 0) is 66.7 Å². The monoisotopic (exact) mass is 549 g/mol. The molecule has 0 bridgehead atoms. The lowest BCUT2D eigenvalue weighted by molar-refractivity contribution is 1.16. The van der Waals surface area contributed by atoms with Crippen LogP contribution >= 0.6 is 0 Å². The Hall–Kier alpha value is -5.94. The summed E-state index contributed by atoms with van der Waals surface area (Å²) in [4.78, 5) is 9.57. The highest BCUT2D eigenvalue weighted by Crippen LogP contribution is 2.41. The minimum Gasteiger partial charge on any atom is -0.309 e. The van der Waals surface area contributed by atoms with Crippen LogP contribution in [0.2, 0.25) is 0 Å². The van der Waals surface area contributed by atoms with Crippen LogP contribution in [0.15, 0.2) is 140 Å². The highest BCUT2D eigenvalue weighted by atomic mass is 15.0. The second-order valence-electron chi connectivity index (χ2n) is 11.2. The molecule has 10 aromatic rings. The van der Waals surface area contributed by atoms with Gasteiger partial charge in [-0.2, -0.15) is 0 Å². The first kappa shape index (κ1) is 22.7. The van der Waals surface area contributed by atoms with E-state index < -0.39 is 0 Å². The summed E-state index contributed by atoms with van der Waals surface area (Å²) in [5, 5.41) is 7.09. The molecule has 0 radical (unpaired) electrons. The highest BCUT2D eigenvalue weighted by molar-refractivity contribution is 6.22. The van der Waals surface area contributed by atoms with E-state index in [-0.39, 0.29) is 0 Å². The van der Waals surface area contributed by atoms with Crippen LogP contribution in [0.3, 0.4) is 0 Å². The molecule has 5 aromatic carbocycles. The molecule has 0 aliphatic carbocycles. The van der Waals surface area contributed by atoms with E-state index in [0.29, 0.717) is 0 Å². The molecule has 0 unspecified atom stereocenters. The van der Waals surface area contributed by atoms with E-state index in [4.69, 9.17) is 9.97 Å². The van der Waals surface area contributed by atoms with Gasteiger partial charge in [-0.1, -0.05) is 54.6 Å². The van der Waals surface area contributed by atoms with E-state index in [9.17, 15) is 0 Å². The maximum Gasteiger partial charge on any atom is 0.146 e. The molecule has 0 aliphatic heterocycles. The van der Waals surface area contributed by atoms with Crippen molar-refractivity contribution in [2.75, 3.05) is 0 Å². The molecule has 0 saturated heterocycles. The molecule has 200 valence electrons. The normalized spacial score (nSPS) is 12.2. The van der Waals surface area contributed by atoms with E-state index in [2.05, 4.69) is 135 Å². The van der Waals surface area contributed by atoms with Gasteiger partial charge in [0.1, 0.15) is 5.65 Å². The maximum atomic E-state index is 4.86. The topological polar surface area (TPSA) is 40.1 Å². The number of fused-ring (bicyclic) bond motifs is 12. The lowest BCUT2D eigenvalue weighted by Gasteiger charge is -2.11. The van der Waals surface area contributed by atoms with Crippen molar-refractivity contribution in [2.45, 2.75) is 0 Å². The van der Waals surface area contributed by atoms with E-state index in [1.165, 1.54) is 38.1 Å². The van der Waals surface area contributed by atoms with Gasteiger partial charge in [-0.25, -0.2) is 4.98 Å². The molecule has 0 fully saturated rings. The number of benzene rings is 5. The third kappa shape index (κ3) is 3.00. The minimum absolute atomic E-state index is 0.923. The van der Waals surface area contributed by atoms with Crippen molar-refractivity contribution >= 4 is 71.1 Å². The number of para-hydroxylation sites is 3. The smallest absolute Gasteiger partial charge is 0.146 e. The molecule has 0 aliphatic rings. The van der Waals surface area contributed by atoms with Crippen molar-refractivity contribution in [2.24, 2.45) is 0 Å². The summed E-state index contributed by atoms with van der Waals surface area (Å²) in [6, 6.07) is 43.6. The zero-order chi connectivity index (χ0) is 28.1.